The third-order valence-electron chi connectivity index (χ3n) is 3.74. The molecule has 2 N–H and O–H groups in total. The number of rotatable bonds is 5. The van der Waals surface area contributed by atoms with Gasteiger partial charge in [0.15, 0.2) is 0 Å². The number of halogens is 1. The minimum Gasteiger partial charge on any atom is -0.316 e. The molecule has 118 valence electrons. The lowest BCUT2D eigenvalue weighted by atomic mass is 10.1. The van der Waals surface area contributed by atoms with Crippen molar-refractivity contribution in [1.82, 2.24) is 14.9 Å². The number of nitrogens with one attached hydrogen (secondary N) is 2. The Morgan fingerprint density at radius 3 is 2.71 bits per heavy atom. The van der Waals surface area contributed by atoms with E-state index in [1.165, 1.54) is 0 Å². The minimum atomic E-state index is -3.50. The summed E-state index contributed by atoms with van der Waals surface area (Å²) < 4.78 is 29.0. The van der Waals surface area contributed by atoms with E-state index in [0.717, 1.165) is 35.1 Å². The molecule has 7 heteroatoms. The SMILES string of the molecule is CNCc1cc(Br)c(C)c(S(=O)(=O)NC2CCN(C)C2)c1. The smallest absolute Gasteiger partial charge is 0.241 e. The summed E-state index contributed by atoms with van der Waals surface area (Å²) in [6, 6.07) is 3.69. The van der Waals surface area contributed by atoms with Gasteiger partial charge >= 0.3 is 0 Å². The fourth-order valence-corrected chi connectivity index (χ4v) is 4.82. The van der Waals surface area contributed by atoms with E-state index in [1.54, 1.807) is 6.07 Å². The second-order valence-corrected chi connectivity index (χ2v) is 8.14. The van der Waals surface area contributed by atoms with Crippen LogP contribution in [0.4, 0.5) is 0 Å². The zero-order valence-corrected chi connectivity index (χ0v) is 15.0. The fourth-order valence-electron chi connectivity index (χ4n) is 2.61. The highest BCUT2D eigenvalue weighted by atomic mass is 79.9. The Kier molecular flexibility index (Phi) is 5.43. The summed E-state index contributed by atoms with van der Waals surface area (Å²) in [5, 5.41) is 3.05. The average Bonchev–Trinajstić information content (AvgIpc) is 2.78. The summed E-state index contributed by atoms with van der Waals surface area (Å²) in [6.45, 7) is 4.14. The summed E-state index contributed by atoms with van der Waals surface area (Å²) in [7, 11) is 0.350. The molecule has 1 saturated heterocycles. The van der Waals surface area contributed by atoms with Crippen LogP contribution in [0.2, 0.25) is 0 Å². The van der Waals surface area contributed by atoms with Gasteiger partial charge in [0.25, 0.3) is 0 Å². The first-order valence-electron chi connectivity index (χ1n) is 6.98. The lowest BCUT2D eigenvalue weighted by molar-refractivity contribution is 0.407. The standard InChI is InChI=1S/C14H22BrN3O2S/c1-10-13(15)6-11(8-16-2)7-14(10)21(19,20)17-12-4-5-18(3)9-12/h6-7,12,16-17H,4-5,8-9H2,1-3H3. The van der Waals surface area contributed by atoms with Crippen LogP contribution in [0.5, 0.6) is 0 Å². The van der Waals surface area contributed by atoms with Crippen LogP contribution >= 0.6 is 15.9 Å². The van der Waals surface area contributed by atoms with Crippen molar-refractivity contribution in [1.29, 1.82) is 0 Å². The van der Waals surface area contributed by atoms with E-state index in [-0.39, 0.29) is 6.04 Å². The maximum absolute atomic E-state index is 12.7. The van der Waals surface area contributed by atoms with Gasteiger partial charge in [-0.3, -0.25) is 0 Å². The molecule has 0 amide bonds. The van der Waals surface area contributed by atoms with Crippen molar-refractivity contribution >= 4 is 26.0 Å². The van der Waals surface area contributed by atoms with Crippen LogP contribution < -0.4 is 10.0 Å². The maximum atomic E-state index is 12.7. The molecule has 0 aromatic heterocycles. The molecule has 1 aliphatic rings. The third-order valence-corrected chi connectivity index (χ3v) is 6.21. The van der Waals surface area contributed by atoms with Crippen molar-refractivity contribution in [2.75, 3.05) is 27.2 Å². The number of hydrogen-bond donors (Lipinski definition) is 2. The van der Waals surface area contributed by atoms with Crippen LogP contribution in [0.1, 0.15) is 17.5 Å². The number of likely N-dealkylation sites (N-methyl/N-ethyl adjacent to an activating group) is 1. The molecule has 0 radical (unpaired) electrons. The quantitative estimate of drug-likeness (QED) is 0.817. The van der Waals surface area contributed by atoms with Crippen LogP contribution in [0.15, 0.2) is 21.5 Å². The number of benzene rings is 1. The largest absolute Gasteiger partial charge is 0.316 e. The van der Waals surface area contributed by atoms with Gasteiger partial charge in [0.05, 0.1) is 4.90 Å². The molecule has 2 rings (SSSR count). The maximum Gasteiger partial charge on any atom is 0.241 e. The zero-order valence-electron chi connectivity index (χ0n) is 12.6. The monoisotopic (exact) mass is 375 g/mol. The second-order valence-electron chi connectivity index (χ2n) is 5.60. The Morgan fingerprint density at radius 1 is 1.43 bits per heavy atom. The van der Waals surface area contributed by atoms with Crippen LogP contribution in [0.25, 0.3) is 0 Å². The van der Waals surface area contributed by atoms with Crippen molar-refractivity contribution in [3.05, 3.63) is 27.7 Å². The number of nitrogens with zero attached hydrogens (tertiary/aromatic N) is 1. The molecule has 1 aromatic carbocycles. The summed E-state index contributed by atoms with van der Waals surface area (Å²) in [6.07, 6.45) is 0.853. The molecule has 1 aromatic rings. The normalized spacial score (nSPS) is 20.1. The molecule has 0 bridgehead atoms. The third kappa shape index (κ3) is 4.04. The highest BCUT2D eigenvalue weighted by Crippen LogP contribution is 2.26. The fraction of sp³-hybridized carbons (Fsp3) is 0.571. The lowest BCUT2D eigenvalue weighted by Crippen LogP contribution is -2.36. The molecule has 1 aliphatic heterocycles. The van der Waals surface area contributed by atoms with E-state index in [4.69, 9.17) is 0 Å². The van der Waals surface area contributed by atoms with Crippen molar-refractivity contribution in [2.45, 2.75) is 30.8 Å². The number of likely N-dealkylation sites (tertiary alicyclic amines) is 1. The minimum absolute atomic E-state index is 0.00821. The van der Waals surface area contributed by atoms with Crippen molar-refractivity contribution in [3.63, 3.8) is 0 Å². The van der Waals surface area contributed by atoms with Crippen LogP contribution in [-0.2, 0) is 16.6 Å². The topological polar surface area (TPSA) is 61.4 Å². The van der Waals surface area contributed by atoms with Gasteiger partial charge in [-0.2, -0.15) is 0 Å². The first-order chi connectivity index (χ1) is 9.83. The molecule has 5 nitrogen and oxygen atoms in total. The predicted octanol–water partition coefficient (Wildman–Crippen LogP) is 1.46. The molecule has 1 unspecified atom stereocenters. The predicted molar refractivity (Wildman–Crippen MR) is 87.9 cm³/mol. The Labute approximate surface area is 135 Å². The highest BCUT2D eigenvalue weighted by molar-refractivity contribution is 9.10. The van der Waals surface area contributed by atoms with Crippen LogP contribution in [0.3, 0.4) is 0 Å². The molecule has 0 spiro atoms. The Bertz CT molecular complexity index is 619. The molecule has 1 heterocycles. The van der Waals surface area contributed by atoms with Crippen molar-refractivity contribution in [3.8, 4) is 0 Å². The molecular weight excluding hydrogens is 354 g/mol. The Morgan fingerprint density at radius 2 is 2.14 bits per heavy atom. The van der Waals surface area contributed by atoms with Gasteiger partial charge in [-0.05, 0) is 57.2 Å². The van der Waals surface area contributed by atoms with Crippen molar-refractivity contribution in [2.24, 2.45) is 0 Å². The van der Waals surface area contributed by atoms with Gasteiger partial charge in [-0.25, -0.2) is 13.1 Å². The van der Waals surface area contributed by atoms with E-state index >= 15 is 0 Å². The molecule has 21 heavy (non-hydrogen) atoms. The summed E-state index contributed by atoms with van der Waals surface area (Å²) >= 11 is 3.45. The summed E-state index contributed by atoms with van der Waals surface area (Å²) in [5.74, 6) is 0. The molecule has 0 saturated carbocycles. The number of hydrogen-bond acceptors (Lipinski definition) is 4. The average molecular weight is 376 g/mol. The van der Waals surface area contributed by atoms with Crippen molar-refractivity contribution < 1.29 is 8.42 Å². The van der Waals surface area contributed by atoms with Gasteiger partial charge in [0.2, 0.25) is 10.0 Å². The first kappa shape index (κ1) is 16.9. The molecule has 1 atom stereocenters. The van der Waals surface area contributed by atoms with Gasteiger partial charge in [0.1, 0.15) is 0 Å². The highest BCUT2D eigenvalue weighted by Gasteiger charge is 2.27. The molecular formula is C14H22BrN3O2S. The van der Waals surface area contributed by atoms with Crippen LogP contribution in [-0.4, -0.2) is 46.5 Å². The summed E-state index contributed by atoms with van der Waals surface area (Å²) in [5.41, 5.74) is 1.69. The van der Waals surface area contributed by atoms with E-state index in [1.807, 2.05) is 27.1 Å². The van der Waals surface area contributed by atoms with E-state index < -0.39 is 10.0 Å². The zero-order chi connectivity index (χ0) is 15.6. The first-order valence-corrected chi connectivity index (χ1v) is 9.25. The second kappa shape index (κ2) is 6.75. The lowest BCUT2D eigenvalue weighted by Gasteiger charge is -2.16. The number of sulfonamides is 1. The van der Waals surface area contributed by atoms with E-state index in [2.05, 4.69) is 30.9 Å². The van der Waals surface area contributed by atoms with Crippen LogP contribution in [0, 0.1) is 6.92 Å². The Hall–Kier alpha value is -0.470. The molecule has 1 fully saturated rings. The van der Waals surface area contributed by atoms with Gasteiger partial charge in [-0.1, -0.05) is 15.9 Å². The Balaban J connectivity index is 2.30. The molecule has 0 aliphatic carbocycles. The van der Waals surface area contributed by atoms with E-state index in [0.29, 0.717) is 11.4 Å². The van der Waals surface area contributed by atoms with Gasteiger partial charge in [0, 0.05) is 23.6 Å². The van der Waals surface area contributed by atoms with Gasteiger partial charge < -0.3 is 10.2 Å². The van der Waals surface area contributed by atoms with Gasteiger partial charge in [-0.15, -0.1) is 0 Å². The van der Waals surface area contributed by atoms with E-state index in [9.17, 15) is 8.42 Å². The summed E-state index contributed by atoms with van der Waals surface area (Å²) in [4.78, 5) is 2.49.